The maximum Gasteiger partial charge on any atom is 0.269 e. The number of amides is 1. The first-order valence-electron chi connectivity index (χ1n) is 8.50. The summed E-state index contributed by atoms with van der Waals surface area (Å²) in [6.07, 6.45) is 0. The molecule has 0 spiro atoms. The molecule has 3 aromatic carbocycles. The zero-order chi connectivity index (χ0) is 20.8. The Kier molecular flexibility index (Phi) is 6.36. The second kappa shape index (κ2) is 9.11. The molecule has 0 aromatic heterocycles. The van der Waals surface area contributed by atoms with Crippen molar-refractivity contribution in [3.8, 4) is 5.75 Å². The number of nitrogens with zero attached hydrogens (tertiary/aromatic N) is 1. The number of nitro benzene ring substituents is 1. The Balaban J connectivity index is 1.61. The summed E-state index contributed by atoms with van der Waals surface area (Å²) in [6, 6.07) is 18.9. The molecular formula is C21H15BrN2O5. The second-order valence-electron chi connectivity index (χ2n) is 6.00. The van der Waals surface area contributed by atoms with Crippen molar-refractivity contribution >= 4 is 39.0 Å². The van der Waals surface area contributed by atoms with Crippen LogP contribution in [0.1, 0.15) is 20.7 Å². The van der Waals surface area contributed by atoms with Gasteiger partial charge >= 0.3 is 0 Å². The van der Waals surface area contributed by atoms with Crippen LogP contribution in [0.25, 0.3) is 0 Å². The lowest BCUT2D eigenvalue weighted by atomic mass is 10.1. The second-order valence-corrected chi connectivity index (χ2v) is 6.92. The number of ether oxygens (including phenoxy) is 1. The van der Waals surface area contributed by atoms with E-state index in [1.54, 1.807) is 48.5 Å². The number of ketones is 1. The van der Waals surface area contributed by atoms with Crippen LogP contribution in [0, 0.1) is 10.1 Å². The Labute approximate surface area is 174 Å². The van der Waals surface area contributed by atoms with E-state index in [9.17, 15) is 19.7 Å². The molecule has 29 heavy (non-hydrogen) atoms. The van der Waals surface area contributed by atoms with Gasteiger partial charge in [-0.2, -0.15) is 0 Å². The zero-order valence-corrected chi connectivity index (χ0v) is 16.6. The average Bonchev–Trinajstić information content (AvgIpc) is 2.73. The number of nitro groups is 1. The number of hydrogen-bond acceptors (Lipinski definition) is 5. The average molecular weight is 455 g/mol. The topological polar surface area (TPSA) is 98.5 Å². The summed E-state index contributed by atoms with van der Waals surface area (Å²) in [5.41, 5.74) is 1.21. The smallest absolute Gasteiger partial charge is 0.269 e. The van der Waals surface area contributed by atoms with Crippen LogP contribution in [0.5, 0.6) is 5.75 Å². The van der Waals surface area contributed by atoms with Gasteiger partial charge < -0.3 is 10.1 Å². The molecule has 7 nitrogen and oxygen atoms in total. The minimum atomic E-state index is -0.530. The number of halogens is 1. The molecule has 0 aliphatic carbocycles. The van der Waals surface area contributed by atoms with Crippen LogP contribution in [-0.2, 0) is 0 Å². The summed E-state index contributed by atoms with van der Waals surface area (Å²) in [7, 11) is 0. The molecule has 0 radical (unpaired) electrons. The van der Waals surface area contributed by atoms with E-state index in [1.807, 2.05) is 0 Å². The van der Waals surface area contributed by atoms with Crippen LogP contribution in [0.2, 0.25) is 0 Å². The first-order chi connectivity index (χ1) is 13.9. The lowest BCUT2D eigenvalue weighted by Gasteiger charge is -2.09. The van der Waals surface area contributed by atoms with Crippen molar-refractivity contribution in [2.24, 2.45) is 0 Å². The first-order valence-corrected chi connectivity index (χ1v) is 9.29. The number of benzene rings is 3. The molecule has 0 aliphatic heterocycles. The number of carbonyl (C=O) groups excluding carboxylic acids is 2. The van der Waals surface area contributed by atoms with Gasteiger partial charge in [-0.3, -0.25) is 19.7 Å². The summed E-state index contributed by atoms with van der Waals surface area (Å²) < 4.78 is 6.42. The van der Waals surface area contributed by atoms with Crippen LogP contribution in [0.15, 0.2) is 77.3 Å². The van der Waals surface area contributed by atoms with Crippen LogP contribution in [0.3, 0.4) is 0 Å². The number of non-ortho nitro benzene ring substituents is 1. The van der Waals surface area contributed by atoms with Crippen molar-refractivity contribution in [2.45, 2.75) is 0 Å². The van der Waals surface area contributed by atoms with Gasteiger partial charge in [-0.25, -0.2) is 0 Å². The SMILES string of the molecule is O=C(COc1cccc(NC(=O)c2ccc([N+](=O)[O-])cc2)c1)c1ccc(Br)cc1. The summed E-state index contributed by atoms with van der Waals surface area (Å²) in [5, 5.41) is 13.4. The van der Waals surface area contributed by atoms with Crippen LogP contribution in [0.4, 0.5) is 11.4 Å². The quantitative estimate of drug-likeness (QED) is 0.311. The standard InChI is InChI=1S/C21H15BrN2O5/c22-16-8-4-14(5-9-16)20(25)13-29-19-3-1-2-17(12-19)23-21(26)15-6-10-18(11-7-15)24(27)28/h1-12H,13H2,(H,23,26). The number of hydrogen-bond donors (Lipinski definition) is 1. The van der Waals surface area contributed by atoms with Crippen LogP contribution in [-0.4, -0.2) is 23.2 Å². The van der Waals surface area contributed by atoms with Crippen LogP contribution >= 0.6 is 15.9 Å². The van der Waals surface area contributed by atoms with E-state index in [1.165, 1.54) is 24.3 Å². The number of rotatable bonds is 7. The van der Waals surface area contributed by atoms with E-state index < -0.39 is 10.8 Å². The van der Waals surface area contributed by atoms with E-state index in [0.717, 1.165) is 4.47 Å². The molecule has 146 valence electrons. The summed E-state index contributed by atoms with van der Waals surface area (Å²) in [6.45, 7) is -0.138. The van der Waals surface area contributed by atoms with Crippen molar-refractivity contribution in [2.75, 3.05) is 11.9 Å². The van der Waals surface area contributed by atoms with E-state index in [0.29, 0.717) is 17.0 Å². The van der Waals surface area contributed by atoms with Gasteiger partial charge in [0.05, 0.1) is 4.92 Å². The Bertz CT molecular complexity index is 1050. The molecule has 0 saturated heterocycles. The fourth-order valence-corrected chi connectivity index (χ4v) is 2.73. The summed E-state index contributed by atoms with van der Waals surface area (Å²) in [4.78, 5) is 34.7. The van der Waals surface area contributed by atoms with Gasteiger partial charge in [-0.15, -0.1) is 0 Å². The van der Waals surface area contributed by atoms with E-state index >= 15 is 0 Å². The van der Waals surface area contributed by atoms with E-state index in [4.69, 9.17) is 4.74 Å². The highest BCUT2D eigenvalue weighted by atomic mass is 79.9. The molecule has 0 fully saturated rings. The van der Waals surface area contributed by atoms with Gasteiger partial charge in [-0.1, -0.05) is 34.1 Å². The third-order valence-electron chi connectivity index (χ3n) is 3.97. The largest absolute Gasteiger partial charge is 0.485 e. The number of Topliss-reactive ketones (excluding diaryl/α,β-unsaturated/α-hetero) is 1. The van der Waals surface area contributed by atoms with Crippen molar-refractivity contribution in [3.05, 3.63) is 98.5 Å². The van der Waals surface area contributed by atoms with Gasteiger partial charge in [0.25, 0.3) is 11.6 Å². The molecule has 0 heterocycles. The fourth-order valence-electron chi connectivity index (χ4n) is 2.47. The van der Waals surface area contributed by atoms with E-state index in [-0.39, 0.29) is 23.6 Å². The van der Waals surface area contributed by atoms with Gasteiger partial charge in [0.15, 0.2) is 12.4 Å². The maximum absolute atomic E-state index is 12.3. The summed E-state index contributed by atoms with van der Waals surface area (Å²) in [5.74, 6) is -0.155. The highest BCUT2D eigenvalue weighted by Crippen LogP contribution is 2.20. The monoisotopic (exact) mass is 454 g/mol. The number of nitrogens with one attached hydrogen (secondary N) is 1. The minimum Gasteiger partial charge on any atom is -0.485 e. The molecule has 0 atom stereocenters. The van der Waals surface area contributed by atoms with Crippen molar-refractivity contribution < 1.29 is 19.2 Å². The predicted octanol–water partition coefficient (Wildman–Crippen LogP) is 4.87. The normalized spacial score (nSPS) is 10.2. The van der Waals surface area contributed by atoms with Gasteiger partial charge in [0.1, 0.15) is 5.75 Å². The number of anilines is 1. The molecular weight excluding hydrogens is 440 g/mol. The Morgan fingerprint density at radius 2 is 1.62 bits per heavy atom. The maximum atomic E-state index is 12.3. The van der Waals surface area contributed by atoms with E-state index in [2.05, 4.69) is 21.2 Å². The Morgan fingerprint density at radius 1 is 0.966 bits per heavy atom. The Hall–Kier alpha value is -3.52. The van der Waals surface area contributed by atoms with Crippen molar-refractivity contribution in [3.63, 3.8) is 0 Å². The molecule has 1 N–H and O–H groups in total. The van der Waals surface area contributed by atoms with Gasteiger partial charge in [-0.05, 0) is 36.4 Å². The van der Waals surface area contributed by atoms with Crippen LogP contribution < -0.4 is 10.1 Å². The predicted molar refractivity (Wildman–Crippen MR) is 111 cm³/mol. The van der Waals surface area contributed by atoms with Gasteiger partial charge in [0.2, 0.25) is 0 Å². The number of carbonyl (C=O) groups is 2. The highest BCUT2D eigenvalue weighted by Gasteiger charge is 2.11. The lowest BCUT2D eigenvalue weighted by Crippen LogP contribution is -2.13. The Morgan fingerprint density at radius 3 is 2.28 bits per heavy atom. The third kappa shape index (κ3) is 5.49. The molecule has 3 aromatic rings. The molecule has 0 aliphatic rings. The van der Waals surface area contributed by atoms with Crippen molar-refractivity contribution in [1.29, 1.82) is 0 Å². The lowest BCUT2D eigenvalue weighted by molar-refractivity contribution is -0.384. The van der Waals surface area contributed by atoms with Crippen molar-refractivity contribution in [1.82, 2.24) is 0 Å². The molecule has 3 rings (SSSR count). The minimum absolute atomic E-state index is 0.0904. The first kappa shape index (κ1) is 20.2. The molecule has 0 saturated carbocycles. The molecule has 8 heteroatoms. The fraction of sp³-hybridized carbons (Fsp3) is 0.0476. The summed E-state index contributed by atoms with van der Waals surface area (Å²) >= 11 is 3.32. The molecule has 1 amide bonds. The molecule has 0 bridgehead atoms. The van der Waals surface area contributed by atoms with Gasteiger partial charge in [0, 0.05) is 39.5 Å². The molecule has 0 unspecified atom stereocenters. The zero-order valence-electron chi connectivity index (χ0n) is 15.0. The third-order valence-corrected chi connectivity index (χ3v) is 4.50. The highest BCUT2D eigenvalue weighted by molar-refractivity contribution is 9.10.